The molecule has 0 radical (unpaired) electrons. The van der Waals surface area contributed by atoms with Crippen molar-refractivity contribution >= 4 is 22.9 Å². The summed E-state index contributed by atoms with van der Waals surface area (Å²) in [6, 6.07) is 2.52. The Hall–Kier alpha value is -0.0500. The fraction of sp³-hybridized carbons (Fsp3) is 0.600. The standard InChI is InChI=1S/C10H16ClNS/c1-7(6-8(2)12-3)10-9(11)4-5-13-10/h4-5,7-8,12H,6H2,1-3H3. The first-order valence-corrected chi connectivity index (χ1v) is 5.81. The molecule has 0 spiro atoms. The Balaban J connectivity index is 2.58. The average molecular weight is 218 g/mol. The maximum absolute atomic E-state index is 6.05. The summed E-state index contributed by atoms with van der Waals surface area (Å²) in [4.78, 5) is 1.31. The van der Waals surface area contributed by atoms with E-state index in [1.165, 1.54) is 4.88 Å². The van der Waals surface area contributed by atoms with Crippen molar-refractivity contribution in [3.63, 3.8) is 0 Å². The number of hydrogen-bond donors (Lipinski definition) is 1. The molecule has 3 heteroatoms. The Kier molecular flexibility index (Phi) is 4.23. The van der Waals surface area contributed by atoms with Gasteiger partial charge in [0.1, 0.15) is 0 Å². The van der Waals surface area contributed by atoms with E-state index in [0.29, 0.717) is 12.0 Å². The Morgan fingerprint density at radius 1 is 1.54 bits per heavy atom. The van der Waals surface area contributed by atoms with Crippen LogP contribution in [0.2, 0.25) is 5.02 Å². The van der Waals surface area contributed by atoms with Gasteiger partial charge < -0.3 is 5.32 Å². The van der Waals surface area contributed by atoms with Gasteiger partial charge in [-0.05, 0) is 37.8 Å². The molecule has 1 aromatic heterocycles. The van der Waals surface area contributed by atoms with Crippen molar-refractivity contribution in [2.75, 3.05) is 7.05 Å². The van der Waals surface area contributed by atoms with Gasteiger partial charge in [-0.3, -0.25) is 0 Å². The quantitative estimate of drug-likeness (QED) is 0.814. The van der Waals surface area contributed by atoms with Gasteiger partial charge in [0.2, 0.25) is 0 Å². The zero-order chi connectivity index (χ0) is 9.84. The maximum Gasteiger partial charge on any atom is 0.0547 e. The van der Waals surface area contributed by atoms with Gasteiger partial charge in [-0.1, -0.05) is 18.5 Å². The summed E-state index contributed by atoms with van der Waals surface area (Å²) in [5.41, 5.74) is 0. The second kappa shape index (κ2) is 4.99. The molecule has 1 nitrogen and oxygen atoms in total. The number of halogens is 1. The molecule has 0 fully saturated rings. The van der Waals surface area contributed by atoms with E-state index >= 15 is 0 Å². The van der Waals surface area contributed by atoms with Crippen LogP contribution < -0.4 is 5.32 Å². The molecule has 0 saturated heterocycles. The summed E-state index contributed by atoms with van der Waals surface area (Å²) in [5, 5.41) is 6.21. The normalized spacial score (nSPS) is 15.7. The van der Waals surface area contributed by atoms with Gasteiger partial charge in [-0.15, -0.1) is 11.3 Å². The molecule has 0 bridgehead atoms. The molecule has 0 amide bonds. The highest BCUT2D eigenvalue weighted by molar-refractivity contribution is 7.10. The first kappa shape index (κ1) is 11.0. The van der Waals surface area contributed by atoms with Crippen LogP contribution in [0.4, 0.5) is 0 Å². The highest BCUT2D eigenvalue weighted by atomic mass is 35.5. The Morgan fingerprint density at radius 2 is 2.23 bits per heavy atom. The SMILES string of the molecule is CNC(C)CC(C)c1sccc1Cl. The van der Waals surface area contributed by atoms with Crippen LogP contribution in [-0.4, -0.2) is 13.1 Å². The van der Waals surface area contributed by atoms with Gasteiger partial charge in [0.25, 0.3) is 0 Å². The second-order valence-electron chi connectivity index (χ2n) is 3.46. The summed E-state index contributed by atoms with van der Waals surface area (Å²) in [7, 11) is 1.99. The van der Waals surface area contributed by atoms with Gasteiger partial charge >= 0.3 is 0 Å². The minimum Gasteiger partial charge on any atom is -0.317 e. The molecule has 13 heavy (non-hydrogen) atoms. The van der Waals surface area contributed by atoms with E-state index in [-0.39, 0.29) is 0 Å². The third-order valence-electron chi connectivity index (χ3n) is 2.29. The summed E-state index contributed by atoms with van der Waals surface area (Å²) in [6.45, 7) is 4.42. The zero-order valence-electron chi connectivity index (χ0n) is 8.30. The second-order valence-corrected chi connectivity index (χ2v) is 4.81. The molecular formula is C10H16ClNS. The first-order chi connectivity index (χ1) is 6.15. The molecular weight excluding hydrogens is 202 g/mol. The lowest BCUT2D eigenvalue weighted by Crippen LogP contribution is -2.22. The highest BCUT2D eigenvalue weighted by Crippen LogP contribution is 2.32. The number of nitrogens with one attached hydrogen (secondary N) is 1. The van der Waals surface area contributed by atoms with Crippen molar-refractivity contribution in [3.05, 3.63) is 21.3 Å². The van der Waals surface area contributed by atoms with Crippen LogP contribution in [-0.2, 0) is 0 Å². The molecule has 0 aliphatic carbocycles. The monoisotopic (exact) mass is 217 g/mol. The van der Waals surface area contributed by atoms with E-state index in [1.54, 1.807) is 11.3 Å². The third-order valence-corrected chi connectivity index (χ3v) is 3.88. The third kappa shape index (κ3) is 2.97. The molecule has 0 aromatic carbocycles. The summed E-state index contributed by atoms with van der Waals surface area (Å²) in [6.07, 6.45) is 1.14. The van der Waals surface area contributed by atoms with E-state index in [9.17, 15) is 0 Å². The van der Waals surface area contributed by atoms with E-state index in [1.807, 2.05) is 13.1 Å². The molecule has 1 heterocycles. The van der Waals surface area contributed by atoms with Crippen LogP contribution in [0.3, 0.4) is 0 Å². The smallest absolute Gasteiger partial charge is 0.0547 e. The maximum atomic E-state index is 6.05. The minimum atomic E-state index is 0.549. The fourth-order valence-corrected chi connectivity index (χ4v) is 2.73. The van der Waals surface area contributed by atoms with E-state index in [0.717, 1.165) is 11.4 Å². The van der Waals surface area contributed by atoms with Crippen LogP contribution in [0.15, 0.2) is 11.4 Å². The molecule has 1 rings (SSSR count). The van der Waals surface area contributed by atoms with Crippen molar-refractivity contribution in [2.24, 2.45) is 0 Å². The molecule has 1 aromatic rings. The molecule has 74 valence electrons. The lowest BCUT2D eigenvalue weighted by molar-refractivity contribution is 0.520. The van der Waals surface area contributed by atoms with Crippen molar-refractivity contribution in [1.82, 2.24) is 5.32 Å². The van der Waals surface area contributed by atoms with Crippen molar-refractivity contribution in [3.8, 4) is 0 Å². The summed E-state index contributed by atoms with van der Waals surface area (Å²) >= 11 is 7.80. The Bertz CT molecular complexity index is 259. The lowest BCUT2D eigenvalue weighted by Gasteiger charge is -2.15. The predicted octanol–water partition coefficient (Wildman–Crippen LogP) is 3.50. The van der Waals surface area contributed by atoms with Crippen molar-refractivity contribution in [2.45, 2.75) is 32.2 Å². The van der Waals surface area contributed by atoms with Crippen LogP contribution in [0.1, 0.15) is 31.1 Å². The summed E-state index contributed by atoms with van der Waals surface area (Å²) in [5.74, 6) is 0.551. The topological polar surface area (TPSA) is 12.0 Å². The van der Waals surface area contributed by atoms with Crippen molar-refractivity contribution < 1.29 is 0 Å². The van der Waals surface area contributed by atoms with E-state index in [2.05, 4.69) is 24.5 Å². The Morgan fingerprint density at radius 3 is 2.69 bits per heavy atom. The van der Waals surface area contributed by atoms with Crippen LogP contribution in [0.25, 0.3) is 0 Å². The zero-order valence-corrected chi connectivity index (χ0v) is 9.88. The van der Waals surface area contributed by atoms with Crippen LogP contribution in [0, 0.1) is 0 Å². The predicted molar refractivity (Wildman–Crippen MR) is 60.9 cm³/mol. The lowest BCUT2D eigenvalue weighted by atomic mass is 10.0. The molecule has 0 saturated carbocycles. The minimum absolute atomic E-state index is 0.549. The number of hydrogen-bond acceptors (Lipinski definition) is 2. The van der Waals surface area contributed by atoms with Gasteiger partial charge in [0, 0.05) is 10.9 Å². The highest BCUT2D eigenvalue weighted by Gasteiger charge is 2.13. The Labute approximate surface area is 89.1 Å². The van der Waals surface area contributed by atoms with Gasteiger partial charge in [0.05, 0.1) is 5.02 Å². The molecule has 2 unspecified atom stereocenters. The molecule has 2 atom stereocenters. The van der Waals surface area contributed by atoms with Crippen molar-refractivity contribution in [1.29, 1.82) is 0 Å². The number of thiophene rings is 1. The largest absolute Gasteiger partial charge is 0.317 e. The fourth-order valence-electron chi connectivity index (χ4n) is 1.41. The first-order valence-electron chi connectivity index (χ1n) is 4.55. The van der Waals surface area contributed by atoms with Gasteiger partial charge in [-0.2, -0.15) is 0 Å². The number of rotatable bonds is 4. The van der Waals surface area contributed by atoms with Crippen LogP contribution >= 0.6 is 22.9 Å². The molecule has 1 N–H and O–H groups in total. The van der Waals surface area contributed by atoms with E-state index < -0.39 is 0 Å². The van der Waals surface area contributed by atoms with E-state index in [4.69, 9.17) is 11.6 Å². The van der Waals surface area contributed by atoms with Gasteiger partial charge in [0.15, 0.2) is 0 Å². The van der Waals surface area contributed by atoms with Gasteiger partial charge in [-0.25, -0.2) is 0 Å². The molecule has 0 aliphatic rings. The summed E-state index contributed by atoms with van der Waals surface area (Å²) < 4.78 is 0. The van der Waals surface area contributed by atoms with Crippen LogP contribution in [0.5, 0.6) is 0 Å². The average Bonchev–Trinajstić information content (AvgIpc) is 2.51. The molecule has 0 aliphatic heterocycles.